The van der Waals surface area contributed by atoms with Crippen LogP contribution in [0.5, 0.6) is 0 Å². The van der Waals surface area contributed by atoms with E-state index in [-0.39, 0.29) is 12.3 Å². The van der Waals surface area contributed by atoms with E-state index >= 15 is 0 Å². The smallest absolute Gasteiger partial charge is 0.255 e. The molecule has 7 nitrogen and oxygen atoms in total. The number of amides is 1. The topological polar surface area (TPSA) is 89.1 Å². The Morgan fingerprint density at radius 1 is 1.43 bits per heavy atom. The molecule has 21 heavy (non-hydrogen) atoms. The Labute approximate surface area is 119 Å². The monoisotopic (exact) mass is 292 g/mol. The molecule has 2 aromatic rings. The molecule has 8 heteroatoms. The summed E-state index contributed by atoms with van der Waals surface area (Å²) in [5.41, 5.74) is 0.674. The van der Waals surface area contributed by atoms with Crippen LogP contribution in [0.2, 0.25) is 0 Å². The molecule has 0 radical (unpaired) electrons. The molecule has 0 saturated carbocycles. The molecule has 2 N–H and O–H groups in total. The van der Waals surface area contributed by atoms with Gasteiger partial charge in [0.15, 0.2) is 11.9 Å². The minimum Gasteiger partial charge on any atom is -0.376 e. The highest BCUT2D eigenvalue weighted by Crippen LogP contribution is 2.22. The summed E-state index contributed by atoms with van der Waals surface area (Å²) >= 11 is 0. The molecule has 2 heterocycles. The maximum atomic E-state index is 13.8. The molecule has 1 saturated heterocycles. The molecule has 1 aliphatic rings. The van der Waals surface area contributed by atoms with Gasteiger partial charge in [0.1, 0.15) is 12.1 Å². The Bertz CT molecular complexity index is 626. The number of carbonyl (C=O) groups is 1. The summed E-state index contributed by atoms with van der Waals surface area (Å²) in [6, 6.07) is 4.29. The van der Waals surface area contributed by atoms with Crippen LogP contribution in [-0.2, 0) is 14.3 Å². The number of anilines is 1. The number of carbonyl (C=O) groups excluding carboxylic acids is 1. The molecular weight excluding hydrogens is 279 g/mol. The Morgan fingerprint density at radius 3 is 3.05 bits per heavy atom. The van der Waals surface area contributed by atoms with Gasteiger partial charge in [0.25, 0.3) is 5.91 Å². The molecule has 0 spiro atoms. The number of nitrogens with zero attached hydrogens (tertiary/aromatic N) is 2. The zero-order valence-corrected chi connectivity index (χ0v) is 11.0. The van der Waals surface area contributed by atoms with Crippen molar-refractivity contribution in [3.05, 3.63) is 30.3 Å². The molecular formula is C13H13FN4O3. The van der Waals surface area contributed by atoms with Gasteiger partial charge < -0.3 is 14.8 Å². The molecule has 1 unspecified atom stereocenters. The second-order valence-corrected chi connectivity index (χ2v) is 4.45. The lowest BCUT2D eigenvalue weighted by Gasteiger charge is -2.22. The van der Waals surface area contributed by atoms with E-state index in [1.54, 1.807) is 6.07 Å². The fourth-order valence-corrected chi connectivity index (χ4v) is 1.97. The quantitative estimate of drug-likeness (QED) is 0.879. The van der Waals surface area contributed by atoms with Gasteiger partial charge in [-0.25, -0.2) is 9.37 Å². The van der Waals surface area contributed by atoms with Crippen LogP contribution in [0.1, 0.15) is 0 Å². The third-order valence-corrected chi connectivity index (χ3v) is 3.02. The van der Waals surface area contributed by atoms with Gasteiger partial charge in [-0.05, 0) is 18.2 Å². The lowest BCUT2D eigenvalue weighted by Crippen LogP contribution is -2.39. The summed E-state index contributed by atoms with van der Waals surface area (Å²) < 4.78 is 24.2. The standard InChI is InChI=1S/C13H13FN4O3/c14-9-2-1-8(12-15-7-16-18-12)5-10(9)17-13(19)11-6-20-3-4-21-11/h1-2,5,7,11H,3-4,6H2,(H,17,19)(H,15,16,18). The predicted molar refractivity (Wildman–Crippen MR) is 71.0 cm³/mol. The summed E-state index contributed by atoms with van der Waals surface area (Å²) in [4.78, 5) is 16.0. The van der Waals surface area contributed by atoms with Crippen molar-refractivity contribution >= 4 is 11.6 Å². The van der Waals surface area contributed by atoms with Crippen LogP contribution < -0.4 is 5.32 Å². The molecule has 0 aliphatic carbocycles. The van der Waals surface area contributed by atoms with Crippen molar-refractivity contribution in [1.82, 2.24) is 15.2 Å². The maximum Gasteiger partial charge on any atom is 0.255 e. The van der Waals surface area contributed by atoms with E-state index in [1.165, 1.54) is 18.5 Å². The first-order chi connectivity index (χ1) is 10.2. The van der Waals surface area contributed by atoms with Gasteiger partial charge in [0, 0.05) is 5.56 Å². The number of ether oxygens (including phenoxy) is 2. The molecule has 1 fully saturated rings. The van der Waals surface area contributed by atoms with Crippen LogP contribution in [0, 0.1) is 5.82 Å². The zero-order valence-electron chi connectivity index (χ0n) is 11.0. The van der Waals surface area contributed by atoms with E-state index in [1.807, 2.05) is 0 Å². The van der Waals surface area contributed by atoms with E-state index < -0.39 is 17.8 Å². The normalized spacial score (nSPS) is 18.4. The second-order valence-electron chi connectivity index (χ2n) is 4.45. The molecule has 3 rings (SSSR count). The predicted octanol–water partition coefficient (Wildman–Crippen LogP) is 0.965. The Kier molecular flexibility index (Phi) is 3.89. The highest BCUT2D eigenvalue weighted by Gasteiger charge is 2.23. The average molecular weight is 292 g/mol. The summed E-state index contributed by atoms with van der Waals surface area (Å²) in [7, 11) is 0. The third kappa shape index (κ3) is 3.06. The van der Waals surface area contributed by atoms with E-state index in [4.69, 9.17) is 9.47 Å². The van der Waals surface area contributed by atoms with Crippen molar-refractivity contribution in [3.8, 4) is 11.4 Å². The van der Waals surface area contributed by atoms with Crippen molar-refractivity contribution in [1.29, 1.82) is 0 Å². The second kappa shape index (κ2) is 5.98. The van der Waals surface area contributed by atoms with Gasteiger partial charge in [-0.1, -0.05) is 0 Å². The number of nitrogens with one attached hydrogen (secondary N) is 2. The number of aromatic amines is 1. The van der Waals surface area contributed by atoms with Crippen molar-refractivity contribution in [2.75, 3.05) is 25.1 Å². The highest BCUT2D eigenvalue weighted by molar-refractivity contribution is 5.95. The number of aromatic nitrogens is 3. The number of H-pyrrole nitrogens is 1. The van der Waals surface area contributed by atoms with Crippen LogP contribution >= 0.6 is 0 Å². The van der Waals surface area contributed by atoms with Gasteiger partial charge in [-0.3, -0.25) is 9.89 Å². The van der Waals surface area contributed by atoms with Crippen molar-refractivity contribution in [3.63, 3.8) is 0 Å². The summed E-state index contributed by atoms with van der Waals surface area (Å²) in [5.74, 6) is -0.491. The molecule has 1 amide bonds. The Morgan fingerprint density at radius 2 is 2.33 bits per heavy atom. The van der Waals surface area contributed by atoms with Gasteiger partial charge in [0.2, 0.25) is 0 Å². The molecule has 1 aromatic heterocycles. The fraction of sp³-hybridized carbons (Fsp3) is 0.308. The van der Waals surface area contributed by atoms with E-state index in [9.17, 15) is 9.18 Å². The minimum atomic E-state index is -0.730. The lowest BCUT2D eigenvalue weighted by molar-refractivity contribution is -0.142. The maximum absolute atomic E-state index is 13.8. The zero-order chi connectivity index (χ0) is 14.7. The van der Waals surface area contributed by atoms with Crippen LogP contribution in [0.15, 0.2) is 24.5 Å². The van der Waals surface area contributed by atoms with Crippen molar-refractivity contribution in [2.24, 2.45) is 0 Å². The summed E-state index contributed by atoms with van der Waals surface area (Å²) in [6.45, 7) is 0.965. The average Bonchev–Trinajstić information content (AvgIpc) is 3.04. The first kappa shape index (κ1) is 13.7. The van der Waals surface area contributed by atoms with Crippen LogP contribution in [0.4, 0.5) is 10.1 Å². The number of benzene rings is 1. The largest absolute Gasteiger partial charge is 0.376 e. The van der Waals surface area contributed by atoms with Crippen LogP contribution in [-0.4, -0.2) is 47.0 Å². The Balaban J connectivity index is 1.78. The van der Waals surface area contributed by atoms with Gasteiger partial charge in [-0.2, -0.15) is 5.10 Å². The van der Waals surface area contributed by atoms with E-state index in [2.05, 4.69) is 20.5 Å². The first-order valence-electron chi connectivity index (χ1n) is 6.39. The highest BCUT2D eigenvalue weighted by atomic mass is 19.1. The third-order valence-electron chi connectivity index (χ3n) is 3.02. The van der Waals surface area contributed by atoms with Crippen LogP contribution in [0.25, 0.3) is 11.4 Å². The molecule has 0 bridgehead atoms. The summed E-state index contributed by atoms with van der Waals surface area (Å²) in [5, 5.41) is 8.91. The molecule has 110 valence electrons. The van der Waals surface area contributed by atoms with E-state index in [0.29, 0.717) is 24.6 Å². The lowest BCUT2D eigenvalue weighted by atomic mass is 10.1. The molecule has 1 atom stereocenters. The van der Waals surface area contributed by atoms with Crippen LogP contribution in [0.3, 0.4) is 0 Å². The number of halogens is 1. The SMILES string of the molecule is O=C(Nc1cc(-c2ncn[nH]2)ccc1F)C1COCCO1. The minimum absolute atomic E-state index is 0.0584. The van der Waals surface area contributed by atoms with Gasteiger partial charge >= 0.3 is 0 Å². The molecule has 1 aliphatic heterocycles. The first-order valence-corrected chi connectivity index (χ1v) is 6.39. The summed E-state index contributed by atoms with van der Waals surface area (Å²) in [6.07, 6.45) is 0.622. The van der Waals surface area contributed by atoms with Gasteiger partial charge in [0.05, 0.1) is 25.5 Å². The Hall–Kier alpha value is -2.32. The number of hydrogen-bond acceptors (Lipinski definition) is 5. The number of rotatable bonds is 3. The molecule has 1 aromatic carbocycles. The van der Waals surface area contributed by atoms with E-state index in [0.717, 1.165) is 0 Å². The fourth-order valence-electron chi connectivity index (χ4n) is 1.97. The van der Waals surface area contributed by atoms with Gasteiger partial charge in [-0.15, -0.1) is 0 Å². The number of hydrogen-bond donors (Lipinski definition) is 2. The van der Waals surface area contributed by atoms with Crippen molar-refractivity contribution < 1.29 is 18.7 Å². The van der Waals surface area contributed by atoms with Crippen molar-refractivity contribution in [2.45, 2.75) is 6.10 Å².